The van der Waals surface area contributed by atoms with Crippen molar-refractivity contribution in [3.05, 3.63) is 47.0 Å². The van der Waals surface area contributed by atoms with E-state index in [0.717, 1.165) is 43.6 Å². The molecule has 1 aromatic rings. The molecule has 0 aliphatic carbocycles. The topological polar surface area (TPSA) is 40.5 Å². The van der Waals surface area contributed by atoms with Crippen molar-refractivity contribution in [3.8, 4) is 0 Å². The minimum absolute atomic E-state index is 0.460. The van der Waals surface area contributed by atoms with Gasteiger partial charge < -0.3 is 5.11 Å². The number of nitrogens with zero attached hydrogens (tertiary/aromatic N) is 1. The first kappa shape index (κ1) is 12.8. The van der Waals surface area contributed by atoms with E-state index in [1.165, 1.54) is 5.57 Å². The summed E-state index contributed by atoms with van der Waals surface area (Å²) in [6.07, 6.45) is 1.81. The van der Waals surface area contributed by atoms with Crippen LogP contribution in [0.15, 0.2) is 30.4 Å². The fourth-order valence-corrected chi connectivity index (χ4v) is 2.43. The second kappa shape index (κ2) is 5.36. The van der Waals surface area contributed by atoms with Gasteiger partial charge in [0.1, 0.15) is 0 Å². The standard InChI is InChI=1S/C15H19NO2/c1-3-11(2)9-16-8-7-13-12(10-16)5-4-6-14(13)15(17)18/h4-6H,2-3,7-10H2,1H3,(H,17,18). The molecule has 0 bridgehead atoms. The van der Waals surface area contributed by atoms with E-state index in [1.54, 1.807) is 6.07 Å². The van der Waals surface area contributed by atoms with Crippen LogP contribution < -0.4 is 0 Å². The van der Waals surface area contributed by atoms with Crippen molar-refractivity contribution in [1.82, 2.24) is 4.90 Å². The molecule has 0 saturated carbocycles. The summed E-state index contributed by atoms with van der Waals surface area (Å²) in [6.45, 7) is 8.80. The van der Waals surface area contributed by atoms with Gasteiger partial charge in [-0.25, -0.2) is 4.79 Å². The maximum Gasteiger partial charge on any atom is 0.335 e. The number of hydrogen-bond acceptors (Lipinski definition) is 2. The number of carboxylic acid groups (broad SMARTS) is 1. The highest BCUT2D eigenvalue weighted by Gasteiger charge is 2.20. The molecule has 3 nitrogen and oxygen atoms in total. The number of aromatic carboxylic acids is 1. The van der Waals surface area contributed by atoms with Crippen LogP contribution in [0.25, 0.3) is 0 Å². The van der Waals surface area contributed by atoms with Crippen LogP contribution in [-0.2, 0) is 13.0 Å². The van der Waals surface area contributed by atoms with Crippen LogP contribution in [0.3, 0.4) is 0 Å². The summed E-state index contributed by atoms with van der Waals surface area (Å²) >= 11 is 0. The molecule has 2 rings (SSSR count). The molecule has 18 heavy (non-hydrogen) atoms. The van der Waals surface area contributed by atoms with Crippen molar-refractivity contribution >= 4 is 5.97 Å². The van der Waals surface area contributed by atoms with Crippen LogP contribution >= 0.6 is 0 Å². The Bertz CT molecular complexity index is 479. The van der Waals surface area contributed by atoms with Gasteiger partial charge >= 0.3 is 5.97 Å². The fourth-order valence-electron chi connectivity index (χ4n) is 2.43. The largest absolute Gasteiger partial charge is 0.478 e. The van der Waals surface area contributed by atoms with E-state index in [1.807, 2.05) is 12.1 Å². The van der Waals surface area contributed by atoms with Crippen molar-refractivity contribution in [2.75, 3.05) is 13.1 Å². The maximum atomic E-state index is 11.2. The zero-order valence-electron chi connectivity index (χ0n) is 10.8. The SMILES string of the molecule is C=C(CC)CN1CCc2c(cccc2C(=O)O)C1. The van der Waals surface area contributed by atoms with Gasteiger partial charge in [0.15, 0.2) is 0 Å². The number of carboxylic acids is 1. The third-order valence-corrected chi connectivity index (χ3v) is 3.52. The summed E-state index contributed by atoms with van der Waals surface area (Å²) in [5.41, 5.74) is 3.84. The Balaban J connectivity index is 2.18. The van der Waals surface area contributed by atoms with Crippen LogP contribution in [-0.4, -0.2) is 29.1 Å². The summed E-state index contributed by atoms with van der Waals surface area (Å²) in [7, 11) is 0. The van der Waals surface area contributed by atoms with Crippen molar-refractivity contribution in [2.45, 2.75) is 26.3 Å². The molecule has 0 atom stereocenters. The van der Waals surface area contributed by atoms with E-state index in [9.17, 15) is 4.79 Å². The van der Waals surface area contributed by atoms with Gasteiger partial charge in [-0.05, 0) is 30.0 Å². The van der Waals surface area contributed by atoms with Crippen molar-refractivity contribution in [1.29, 1.82) is 0 Å². The Morgan fingerprint density at radius 2 is 2.28 bits per heavy atom. The van der Waals surface area contributed by atoms with Gasteiger partial charge in [-0.2, -0.15) is 0 Å². The molecule has 1 heterocycles. The Morgan fingerprint density at radius 1 is 1.50 bits per heavy atom. The van der Waals surface area contributed by atoms with Crippen LogP contribution in [0.4, 0.5) is 0 Å². The molecule has 3 heteroatoms. The van der Waals surface area contributed by atoms with E-state index in [-0.39, 0.29) is 0 Å². The quantitative estimate of drug-likeness (QED) is 0.829. The van der Waals surface area contributed by atoms with Crippen molar-refractivity contribution in [3.63, 3.8) is 0 Å². The molecule has 0 aromatic heterocycles. The van der Waals surface area contributed by atoms with Gasteiger partial charge in [0.2, 0.25) is 0 Å². The lowest BCUT2D eigenvalue weighted by molar-refractivity contribution is 0.0694. The molecule has 1 aliphatic rings. The molecule has 1 aromatic carbocycles. The second-order valence-corrected chi connectivity index (χ2v) is 4.81. The molecular weight excluding hydrogens is 226 g/mol. The molecular formula is C15H19NO2. The maximum absolute atomic E-state index is 11.2. The smallest absolute Gasteiger partial charge is 0.335 e. The summed E-state index contributed by atoms with van der Waals surface area (Å²) < 4.78 is 0. The van der Waals surface area contributed by atoms with Gasteiger partial charge in [0.25, 0.3) is 0 Å². The Labute approximate surface area is 108 Å². The number of benzene rings is 1. The predicted molar refractivity (Wildman–Crippen MR) is 71.8 cm³/mol. The number of hydrogen-bond donors (Lipinski definition) is 1. The Hall–Kier alpha value is -1.61. The summed E-state index contributed by atoms with van der Waals surface area (Å²) in [6, 6.07) is 5.56. The summed E-state index contributed by atoms with van der Waals surface area (Å²) in [5.74, 6) is -0.821. The monoisotopic (exact) mass is 245 g/mol. The highest BCUT2D eigenvalue weighted by molar-refractivity contribution is 5.89. The predicted octanol–water partition coefficient (Wildman–Crippen LogP) is 2.71. The van der Waals surface area contributed by atoms with Gasteiger partial charge in [-0.15, -0.1) is 0 Å². The molecule has 0 unspecified atom stereocenters. The second-order valence-electron chi connectivity index (χ2n) is 4.81. The third kappa shape index (κ3) is 2.62. The van der Waals surface area contributed by atoms with Crippen LogP contribution in [0.1, 0.15) is 34.8 Å². The molecule has 0 spiro atoms. The lowest BCUT2D eigenvalue weighted by atomic mass is 9.94. The van der Waals surface area contributed by atoms with Crippen molar-refractivity contribution in [2.24, 2.45) is 0 Å². The van der Waals surface area contributed by atoms with Gasteiger partial charge in [0, 0.05) is 19.6 Å². The highest BCUT2D eigenvalue weighted by Crippen LogP contribution is 2.23. The first-order chi connectivity index (χ1) is 8.61. The minimum Gasteiger partial charge on any atom is -0.478 e. The van der Waals surface area contributed by atoms with E-state index >= 15 is 0 Å². The summed E-state index contributed by atoms with van der Waals surface area (Å²) in [4.78, 5) is 13.5. The zero-order chi connectivity index (χ0) is 13.1. The minimum atomic E-state index is -0.821. The average molecular weight is 245 g/mol. The van der Waals surface area contributed by atoms with E-state index in [0.29, 0.717) is 5.56 Å². The van der Waals surface area contributed by atoms with Crippen LogP contribution in [0.2, 0.25) is 0 Å². The van der Waals surface area contributed by atoms with Gasteiger partial charge in [-0.1, -0.05) is 31.2 Å². The van der Waals surface area contributed by atoms with Gasteiger partial charge in [0.05, 0.1) is 5.56 Å². The number of fused-ring (bicyclic) bond motifs is 1. The van der Waals surface area contributed by atoms with Crippen LogP contribution in [0, 0.1) is 0 Å². The normalized spacial score (nSPS) is 15.2. The summed E-state index contributed by atoms with van der Waals surface area (Å²) in [5, 5.41) is 9.16. The Kier molecular flexibility index (Phi) is 3.82. The highest BCUT2D eigenvalue weighted by atomic mass is 16.4. The molecule has 1 N–H and O–H groups in total. The average Bonchev–Trinajstić information content (AvgIpc) is 2.37. The molecule has 0 radical (unpaired) electrons. The van der Waals surface area contributed by atoms with E-state index in [2.05, 4.69) is 18.4 Å². The molecule has 1 aliphatic heterocycles. The van der Waals surface area contributed by atoms with E-state index < -0.39 is 5.97 Å². The van der Waals surface area contributed by atoms with E-state index in [4.69, 9.17) is 5.11 Å². The molecule has 0 fully saturated rings. The molecule has 96 valence electrons. The van der Waals surface area contributed by atoms with Gasteiger partial charge in [-0.3, -0.25) is 4.90 Å². The first-order valence-electron chi connectivity index (χ1n) is 6.35. The van der Waals surface area contributed by atoms with Crippen molar-refractivity contribution < 1.29 is 9.90 Å². The lowest BCUT2D eigenvalue weighted by Gasteiger charge is -2.30. The third-order valence-electron chi connectivity index (χ3n) is 3.52. The Morgan fingerprint density at radius 3 is 2.94 bits per heavy atom. The molecule has 0 amide bonds. The number of carbonyl (C=O) groups is 1. The fraction of sp³-hybridized carbons (Fsp3) is 0.400. The molecule has 0 saturated heterocycles. The lowest BCUT2D eigenvalue weighted by Crippen LogP contribution is -2.32. The zero-order valence-corrected chi connectivity index (χ0v) is 10.8. The number of rotatable bonds is 4. The first-order valence-corrected chi connectivity index (χ1v) is 6.35. The van der Waals surface area contributed by atoms with Crippen LogP contribution in [0.5, 0.6) is 0 Å².